The highest BCUT2D eigenvalue weighted by atomic mass is 35.5. The summed E-state index contributed by atoms with van der Waals surface area (Å²) < 4.78 is 1.85. The fraction of sp³-hybridized carbons (Fsp3) is 0.364. The van der Waals surface area contributed by atoms with Crippen LogP contribution in [0.4, 0.5) is 0 Å². The molecule has 16 heavy (non-hydrogen) atoms. The molecular weight excluding hydrogens is 242 g/mol. The summed E-state index contributed by atoms with van der Waals surface area (Å²) in [5.74, 6) is 0. The zero-order chi connectivity index (χ0) is 11.5. The van der Waals surface area contributed by atoms with Crippen molar-refractivity contribution in [2.45, 2.75) is 25.4 Å². The van der Waals surface area contributed by atoms with Gasteiger partial charge in [0.1, 0.15) is 0 Å². The molecule has 0 bridgehead atoms. The summed E-state index contributed by atoms with van der Waals surface area (Å²) in [6.45, 7) is 2.08. The largest absolute Gasteiger partial charge is 0.326 e. The van der Waals surface area contributed by atoms with E-state index in [0.29, 0.717) is 5.02 Å². The lowest BCUT2D eigenvalue weighted by Crippen LogP contribution is -2.32. The number of halogens is 1. The molecule has 0 saturated heterocycles. The minimum absolute atomic E-state index is 0.0468. The molecule has 2 unspecified atom stereocenters. The lowest BCUT2D eigenvalue weighted by atomic mass is 10.0. The van der Waals surface area contributed by atoms with Crippen LogP contribution >= 0.6 is 22.9 Å². The van der Waals surface area contributed by atoms with Crippen molar-refractivity contribution < 1.29 is 0 Å². The number of hydrogen-bond donors (Lipinski definition) is 1. The highest BCUT2D eigenvalue weighted by molar-refractivity contribution is 7.07. The van der Waals surface area contributed by atoms with E-state index in [9.17, 15) is 0 Å². The fourth-order valence-corrected chi connectivity index (χ4v) is 2.56. The molecule has 3 nitrogen and oxygen atoms in total. The van der Waals surface area contributed by atoms with Crippen molar-refractivity contribution in [1.29, 1.82) is 0 Å². The van der Waals surface area contributed by atoms with E-state index in [0.717, 1.165) is 6.42 Å². The second kappa shape index (κ2) is 4.99. The van der Waals surface area contributed by atoms with Gasteiger partial charge in [0, 0.05) is 12.2 Å². The van der Waals surface area contributed by atoms with Crippen molar-refractivity contribution in [1.82, 2.24) is 9.78 Å². The number of thiophene rings is 1. The first-order valence-corrected chi connectivity index (χ1v) is 6.51. The maximum atomic E-state index is 6.15. The molecule has 2 aromatic rings. The molecular formula is C11H14ClN3S. The van der Waals surface area contributed by atoms with Crippen LogP contribution in [0.3, 0.4) is 0 Å². The second-order valence-electron chi connectivity index (χ2n) is 3.71. The fourth-order valence-electron chi connectivity index (χ4n) is 1.73. The third kappa shape index (κ3) is 2.29. The summed E-state index contributed by atoms with van der Waals surface area (Å²) in [7, 11) is 0. The summed E-state index contributed by atoms with van der Waals surface area (Å²) in [5, 5.41) is 9.05. The quantitative estimate of drug-likeness (QED) is 0.913. The molecule has 5 heteroatoms. The summed E-state index contributed by atoms with van der Waals surface area (Å²) in [6, 6.07) is 2.20. The summed E-state index contributed by atoms with van der Waals surface area (Å²) in [5.41, 5.74) is 7.34. The van der Waals surface area contributed by atoms with Crippen molar-refractivity contribution in [3.05, 3.63) is 39.8 Å². The second-order valence-corrected chi connectivity index (χ2v) is 4.93. The van der Waals surface area contributed by atoms with Crippen LogP contribution in [0.1, 0.15) is 24.9 Å². The van der Waals surface area contributed by atoms with E-state index in [4.69, 9.17) is 17.3 Å². The average Bonchev–Trinajstić information content (AvgIpc) is 2.91. The van der Waals surface area contributed by atoms with Gasteiger partial charge in [-0.25, -0.2) is 0 Å². The monoisotopic (exact) mass is 255 g/mol. The Morgan fingerprint density at radius 1 is 1.62 bits per heavy atom. The third-order valence-corrected chi connectivity index (χ3v) is 3.51. The van der Waals surface area contributed by atoms with Gasteiger partial charge >= 0.3 is 0 Å². The average molecular weight is 256 g/mol. The van der Waals surface area contributed by atoms with Crippen molar-refractivity contribution in [2.24, 2.45) is 5.73 Å². The number of hydrogen-bond acceptors (Lipinski definition) is 3. The minimum Gasteiger partial charge on any atom is -0.326 e. The molecule has 0 aliphatic rings. The standard InChI is InChI=1S/C11H14ClN3S/c1-2-10(13)11(8-3-4-16-7-8)15-6-9(12)5-14-15/h3-7,10-11H,2,13H2,1H3. The molecule has 0 saturated carbocycles. The van der Waals surface area contributed by atoms with Crippen LogP contribution < -0.4 is 5.73 Å². The van der Waals surface area contributed by atoms with Gasteiger partial charge in [0.25, 0.3) is 0 Å². The van der Waals surface area contributed by atoms with Gasteiger partial charge in [0.2, 0.25) is 0 Å². The van der Waals surface area contributed by atoms with Crippen LogP contribution in [0.2, 0.25) is 5.02 Å². The summed E-state index contributed by atoms with van der Waals surface area (Å²) in [6.07, 6.45) is 4.36. The molecule has 0 aromatic carbocycles. The third-order valence-electron chi connectivity index (χ3n) is 2.62. The number of aromatic nitrogens is 2. The maximum Gasteiger partial charge on any atom is 0.0927 e. The Labute approximate surface area is 104 Å². The van der Waals surface area contributed by atoms with E-state index < -0.39 is 0 Å². The van der Waals surface area contributed by atoms with Crippen LogP contribution in [0.25, 0.3) is 0 Å². The van der Waals surface area contributed by atoms with Crippen LogP contribution in [0, 0.1) is 0 Å². The molecule has 0 aliphatic heterocycles. The van der Waals surface area contributed by atoms with E-state index in [2.05, 4.69) is 28.8 Å². The van der Waals surface area contributed by atoms with Gasteiger partial charge in [-0.1, -0.05) is 18.5 Å². The number of nitrogens with zero attached hydrogens (tertiary/aromatic N) is 2. The summed E-state index contributed by atoms with van der Waals surface area (Å²) >= 11 is 7.56. The van der Waals surface area contributed by atoms with Gasteiger partial charge in [0.05, 0.1) is 17.3 Å². The van der Waals surface area contributed by atoms with Crippen LogP contribution in [-0.4, -0.2) is 15.8 Å². The molecule has 0 aliphatic carbocycles. The van der Waals surface area contributed by atoms with Gasteiger partial charge < -0.3 is 5.73 Å². The SMILES string of the molecule is CCC(N)C(c1ccsc1)n1cc(Cl)cn1. The van der Waals surface area contributed by atoms with Gasteiger partial charge in [-0.05, 0) is 28.8 Å². The van der Waals surface area contributed by atoms with Gasteiger partial charge in [-0.3, -0.25) is 4.68 Å². The lowest BCUT2D eigenvalue weighted by Gasteiger charge is -2.22. The zero-order valence-electron chi connectivity index (χ0n) is 9.01. The van der Waals surface area contributed by atoms with Gasteiger partial charge in [-0.15, -0.1) is 0 Å². The van der Waals surface area contributed by atoms with Crippen molar-refractivity contribution >= 4 is 22.9 Å². The van der Waals surface area contributed by atoms with Crippen LogP contribution in [0.15, 0.2) is 29.2 Å². The molecule has 0 amide bonds. The minimum atomic E-state index is 0.0468. The van der Waals surface area contributed by atoms with E-state index in [1.807, 2.05) is 10.9 Å². The highest BCUT2D eigenvalue weighted by Gasteiger charge is 2.21. The smallest absolute Gasteiger partial charge is 0.0927 e. The molecule has 0 fully saturated rings. The maximum absolute atomic E-state index is 6.15. The zero-order valence-corrected chi connectivity index (χ0v) is 10.6. The molecule has 0 spiro atoms. The van der Waals surface area contributed by atoms with Crippen LogP contribution in [-0.2, 0) is 0 Å². The van der Waals surface area contributed by atoms with Crippen LogP contribution in [0.5, 0.6) is 0 Å². The van der Waals surface area contributed by atoms with E-state index in [1.165, 1.54) is 5.56 Å². The first-order chi connectivity index (χ1) is 7.72. The Hall–Kier alpha value is -0.840. The molecule has 2 aromatic heterocycles. The number of nitrogens with two attached hydrogens (primary N) is 1. The Kier molecular flexibility index (Phi) is 3.63. The number of rotatable bonds is 4. The Morgan fingerprint density at radius 3 is 2.94 bits per heavy atom. The highest BCUT2D eigenvalue weighted by Crippen LogP contribution is 2.25. The van der Waals surface area contributed by atoms with Crippen molar-refractivity contribution in [2.75, 3.05) is 0 Å². The molecule has 2 rings (SSSR count). The molecule has 86 valence electrons. The normalized spacial score (nSPS) is 14.9. The van der Waals surface area contributed by atoms with E-state index >= 15 is 0 Å². The van der Waals surface area contributed by atoms with Crippen molar-refractivity contribution in [3.63, 3.8) is 0 Å². The molecule has 2 heterocycles. The first kappa shape index (κ1) is 11.6. The van der Waals surface area contributed by atoms with E-state index in [-0.39, 0.29) is 12.1 Å². The molecule has 2 N–H and O–H groups in total. The van der Waals surface area contributed by atoms with Gasteiger partial charge in [0.15, 0.2) is 0 Å². The Morgan fingerprint density at radius 2 is 2.44 bits per heavy atom. The van der Waals surface area contributed by atoms with Crippen molar-refractivity contribution in [3.8, 4) is 0 Å². The lowest BCUT2D eigenvalue weighted by molar-refractivity contribution is 0.425. The topological polar surface area (TPSA) is 43.8 Å². The molecule has 0 radical (unpaired) electrons. The predicted octanol–water partition coefficient (Wildman–Crippen LogP) is 2.92. The predicted molar refractivity (Wildman–Crippen MR) is 68.0 cm³/mol. The van der Waals surface area contributed by atoms with Gasteiger partial charge in [-0.2, -0.15) is 16.4 Å². The first-order valence-electron chi connectivity index (χ1n) is 5.19. The summed E-state index contributed by atoms with van der Waals surface area (Å²) in [4.78, 5) is 0. The Balaban J connectivity index is 2.35. The Bertz CT molecular complexity index is 438. The van der Waals surface area contributed by atoms with E-state index in [1.54, 1.807) is 17.5 Å². The molecule has 2 atom stereocenters.